The van der Waals surface area contributed by atoms with Crippen LogP contribution in [0.4, 0.5) is 5.13 Å². The number of aryl methyl sites for hydroxylation is 1. The number of nitrogens with zero attached hydrogens (tertiary/aromatic N) is 2. The average Bonchev–Trinajstić information content (AvgIpc) is 2.88. The van der Waals surface area contributed by atoms with Crippen molar-refractivity contribution < 1.29 is 9.47 Å². The van der Waals surface area contributed by atoms with Crippen LogP contribution in [-0.4, -0.2) is 52.1 Å². The molecule has 20 heavy (non-hydrogen) atoms. The van der Waals surface area contributed by atoms with Crippen molar-refractivity contribution in [3.8, 4) is 0 Å². The third kappa shape index (κ3) is 5.36. The number of rotatable bonds is 11. The molecular formula is C14H27N3O2S. The maximum absolute atomic E-state index is 5.18. The summed E-state index contributed by atoms with van der Waals surface area (Å²) in [5, 5.41) is 4.45. The number of aromatic nitrogens is 1. The Balaban J connectivity index is 2.79. The Bertz CT molecular complexity index is 363. The summed E-state index contributed by atoms with van der Waals surface area (Å²) < 4.78 is 10.4. The largest absolute Gasteiger partial charge is 0.383 e. The molecule has 0 atom stereocenters. The van der Waals surface area contributed by atoms with Crippen LogP contribution in [0.5, 0.6) is 0 Å². The molecule has 1 aromatic rings. The number of nitrogens with one attached hydrogen (secondary N) is 1. The topological polar surface area (TPSA) is 46.6 Å². The Labute approximate surface area is 126 Å². The fourth-order valence-corrected chi connectivity index (χ4v) is 3.03. The van der Waals surface area contributed by atoms with Crippen LogP contribution in [0, 0.1) is 0 Å². The van der Waals surface area contributed by atoms with E-state index in [4.69, 9.17) is 14.5 Å². The van der Waals surface area contributed by atoms with Gasteiger partial charge in [-0.2, -0.15) is 0 Å². The average molecular weight is 301 g/mol. The standard InChI is InChI=1S/C14H27N3O2S/c1-5-12-13(11-15-6-2)20-14(16-12)17(7-9-18-3)8-10-19-4/h15H,5-11H2,1-4H3. The van der Waals surface area contributed by atoms with E-state index in [2.05, 4.69) is 24.1 Å². The van der Waals surface area contributed by atoms with E-state index < -0.39 is 0 Å². The first-order valence-electron chi connectivity index (χ1n) is 7.18. The first-order chi connectivity index (χ1) is 9.76. The maximum Gasteiger partial charge on any atom is 0.185 e. The third-order valence-corrected chi connectivity index (χ3v) is 4.20. The molecule has 0 aliphatic carbocycles. The van der Waals surface area contributed by atoms with Crippen molar-refractivity contribution in [1.82, 2.24) is 10.3 Å². The lowest BCUT2D eigenvalue weighted by atomic mass is 10.3. The minimum Gasteiger partial charge on any atom is -0.383 e. The highest BCUT2D eigenvalue weighted by Crippen LogP contribution is 2.26. The summed E-state index contributed by atoms with van der Waals surface area (Å²) in [6.07, 6.45) is 0.972. The van der Waals surface area contributed by atoms with Gasteiger partial charge in [-0.1, -0.05) is 13.8 Å². The Morgan fingerprint density at radius 2 is 1.80 bits per heavy atom. The van der Waals surface area contributed by atoms with Crippen LogP contribution < -0.4 is 10.2 Å². The molecule has 0 saturated heterocycles. The molecule has 0 radical (unpaired) electrons. The minimum atomic E-state index is 0.702. The van der Waals surface area contributed by atoms with E-state index in [1.807, 2.05) is 0 Å². The monoisotopic (exact) mass is 301 g/mol. The van der Waals surface area contributed by atoms with E-state index in [0.29, 0.717) is 13.2 Å². The number of anilines is 1. The van der Waals surface area contributed by atoms with E-state index in [1.54, 1.807) is 25.6 Å². The van der Waals surface area contributed by atoms with Gasteiger partial charge in [-0.15, -0.1) is 11.3 Å². The lowest BCUT2D eigenvalue weighted by molar-refractivity contribution is 0.190. The Kier molecular flexibility index (Phi) is 8.77. The third-order valence-electron chi connectivity index (χ3n) is 3.04. The Morgan fingerprint density at radius 3 is 2.30 bits per heavy atom. The van der Waals surface area contributed by atoms with Crippen LogP contribution >= 0.6 is 11.3 Å². The van der Waals surface area contributed by atoms with Gasteiger partial charge < -0.3 is 19.7 Å². The highest BCUT2D eigenvalue weighted by Gasteiger charge is 2.15. The summed E-state index contributed by atoms with van der Waals surface area (Å²) in [5.74, 6) is 0. The minimum absolute atomic E-state index is 0.702. The van der Waals surface area contributed by atoms with Gasteiger partial charge in [0, 0.05) is 38.7 Å². The molecule has 0 spiro atoms. The molecule has 0 aromatic carbocycles. The van der Waals surface area contributed by atoms with E-state index >= 15 is 0 Å². The van der Waals surface area contributed by atoms with E-state index in [1.165, 1.54) is 10.6 Å². The van der Waals surface area contributed by atoms with Crippen molar-refractivity contribution >= 4 is 16.5 Å². The van der Waals surface area contributed by atoms with Gasteiger partial charge in [0.25, 0.3) is 0 Å². The maximum atomic E-state index is 5.18. The molecule has 0 aliphatic rings. The Hall–Kier alpha value is -0.690. The van der Waals surface area contributed by atoms with Crippen LogP contribution in [-0.2, 0) is 22.4 Å². The second kappa shape index (κ2) is 10.1. The van der Waals surface area contributed by atoms with Gasteiger partial charge in [0.15, 0.2) is 5.13 Å². The van der Waals surface area contributed by atoms with Gasteiger partial charge >= 0.3 is 0 Å². The fourth-order valence-electron chi connectivity index (χ4n) is 1.86. The molecule has 5 nitrogen and oxygen atoms in total. The zero-order valence-electron chi connectivity index (χ0n) is 13.1. The summed E-state index contributed by atoms with van der Waals surface area (Å²) in [4.78, 5) is 8.36. The van der Waals surface area contributed by atoms with Crippen LogP contribution in [0.3, 0.4) is 0 Å². The molecule has 0 fully saturated rings. The predicted molar refractivity (Wildman–Crippen MR) is 84.8 cm³/mol. The SMILES string of the molecule is CCNCc1sc(N(CCOC)CCOC)nc1CC. The highest BCUT2D eigenvalue weighted by atomic mass is 32.1. The van der Waals surface area contributed by atoms with Crippen molar-refractivity contribution in [2.24, 2.45) is 0 Å². The second-order valence-electron chi connectivity index (χ2n) is 4.47. The van der Waals surface area contributed by atoms with Crippen molar-refractivity contribution in [2.45, 2.75) is 26.8 Å². The van der Waals surface area contributed by atoms with Gasteiger partial charge in [0.2, 0.25) is 0 Å². The summed E-state index contributed by atoms with van der Waals surface area (Å²) in [6.45, 7) is 9.25. The van der Waals surface area contributed by atoms with Gasteiger partial charge in [-0.05, 0) is 13.0 Å². The number of methoxy groups -OCH3 is 2. The molecule has 0 saturated carbocycles. The van der Waals surface area contributed by atoms with Crippen molar-refractivity contribution in [3.63, 3.8) is 0 Å². The summed E-state index contributed by atoms with van der Waals surface area (Å²) in [6, 6.07) is 0. The van der Waals surface area contributed by atoms with E-state index in [9.17, 15) is 0 Å². The smallest absolute Gasteiger partial charge is 0.185 e. The van der Waals surface area contributed by atoms with Gasteiger partial charge in [-0.3, -0.25) is 0 Å². The van der Waals surface area contributed by atoms with Crippen molar-refractivity contribution in [2.75, 3.05) is 52.0 Å². The molecule has 0 bridgehead atoms. The number of ether oxygens (including phenoxy) is 2. The zero-order valence-corrected chi connectivity index (χ0v) is 13.9. The first-order valence-corrected chi connectivity index (χ1v) is 8.00. The van der Waals surface area contributed by atoms with Gasteiger partial charge in [0.05, 0.1) is 18.9 Å². The Morgan fingerprint density at radius 1 is 1.15 bits per heavy atom. The van der Waals surface area contributed by atoms with Gasteiger partial charge in [-0.25, -0.2) is 4.98 Å². The number of hydrogen-bond acceptors (Lipinski definition) is 6. The molecule has 1 N–H and O–H groups in total. The zero-order chi connectivity index (χ0) is 14.8. The predicted octanol–water partition coefficient (Wildman–Crippen LogP) is 1.91. The number of thiazole rings is 1. The van der Waals surface area contributed by atoms with E-state index in [0.717, 1.165) is 37.7 Å². The summed E-state index contributed by atoms with van der Waals surface area (Å²) in [7, 11) is 3.45. The van der Waals surface area contributed by atoms with Crippen molar-refractivity contribution in [3.05, 3.63) is 10.6 Å². The molecule has 0 aliphatic heterocycles. The molecular weight excluding hydrogens is 274 g/mol. The van der Waals surface area contributed by atoms with Crippen molar-refractivity contribution in [1.29, 1.82) is 0 Å². The molecule has 6 heteroatoms. The lowest BCUT2D eigenvalue weighted by Gasteiger charge is -2.20. The fraction of sp³-hybridized carbons (Fsp3) is 0.786. The molecule has 1 rings (SSSR count). The molecule has 116 valence electrons. The summed E-state index contributed by atoms with van der Waals surface area (Å²) in [5.41, 5.74) is 1.20. The normalized spacial score (nSPS) is 11.0. The second-order valence-corrected chi connectivity index (χ2v) is 5.53. The van der Waals surface area contributed by atoms with Crippen LogP contribution in [0.25, 0.3) is 0 Å². The number of hydrogen-bond donors (Lipinski definition) is 1. The van der Waals surface area contributed by atoms with Crippen LogP contribution in [0.2, 0.25) is 0 Å². The van der Waals surface area contributed by atoms with Crippen LogP contribution in [0.15, 0.2) is 0 Å². The quantitative estimate of drug-likeness (QED) is 0.676. The molecule has 1 aromatic heterocycles. The van der Waals surface area contributed by atoms with Gasteiger partial charge in [0.1, 0.15) is 0 Å². The summed E-state index contributed by atoms with van der Waals surface area (Å²) >= 11 is 1.77. The molecule has 0 unspecified atom stereocenters. The molecule has 1 heterocycles. The highest BCUT2D eigenvalue weighted by molar-refractivity contribution is 7.15. The first kappa shape index (κ1) is 17.4. The lowest BCUT2D eigenvalue weighted by Crippen LogP contribution is -2.30. The van der Waals surface area contributed by atoms with E-state index in [-0.39, 0.29) is 0 Å². The van der Waals surface area contributed by atoms with Crippen LogP contribution in [0.1, 0.15) is 24.4 Å². The molecule has 0 amide bonds.